The van der Waals surface area contributed by atoms with Gasteiger partial charge in [-0.15, -0.1) is 0 Å². The zero-order chi connectivity index (χ0) is 14.4. The van der Waals surface area contributed by atoms with Crippen LogP contribution >= 0.6 is 0 Å². The lowest BCUT2D eigenvalue weighted by molar-refractivity contribution is 0.0735. The maximum Gasteiger partial charge on any atom is 0.409 e. The molecule has 1 saturated heterocycles. The van der Waals surface area contributed by atoms with Crippen LogP contribution in [-0.2, 0) is 18.3 Å². The van der Waals surface area contributed by atoms with Gasteiger partial charge in [0.1, 0.15) is 0 Å². The number of carbonyl (C=O) groups is 1. The molecular formula is C14H24N4O2. The average Bonchev–Trinajstić information content (AvgIpc) is 2.85. The van der Waals surface area contributed by atoms with E-state index in [9.17, 15) is 4.79 Å². The van der Waals surface area contributed by atoms with Crippen molar-refractivity contribution in [3.8, 4) is 0 Å². The highest BCUT2D eigenvalue weighted by atomic mass is 16.6. The predicted molar refractivity (Wildman–Crippen MR) is 76.3 cm³/mol. The Kier molecular flexibility index (Phi) is 5.40. The molecule has 20 heavy (non-hydrogen) atoms. The van der Waals surface area contributed by atoms with Crippen LogP contribution in [0.25, 0.3) is 0 Å². The lowest BCUT2D eigenvalue weighted by Gasteiger charge is -2.33. The van der Waals surface area contributed by atoms with Gasteiger partial charge < -0.3 is 14.2 Å². The first kappa shape index (κ1) is 14.8. The van der Waals surface area contributed by atoms with E-state index in [1.54, 1.807) is 4.90 Å². The molecule has 6 heteroatoms. The summed E-state index contributed by atoms with van der Waals surface area (Å²) in [6, 6.07) is 0. The fourth-order valence-corrected chi connectivity index (χ4v) is 2.26. The zero-order valence-corrected chi connectivity index (χ0v) is 12.4. The monoisotopic (exact) mass is 280 g/mol. The molecule has 1 aliphatic rings. The van der Waals surface area contributed by atoms with E-state index in [1.807, 2.05) is 24.1 Å². The van der Waals surface area contributed by atoms with E-state index in [1.165, 1.54) is 0 Å². The van der Waals surface area contributed by atoms with Gasteiger partial charge in [-0.25, -0.2) is 9.78 Å². The molecule has 1 aromatic rings. The molecule has 0 saturated carbocycles. The maximum atomic E-state index is 11.8. The first-order valence-corrected chi connectivity index (χ1v) is 7.30. The van der Waals surface area contributed by atoms with Gasteiger partial charge in [0, 0.05) is 46.0 Å². The number of nitrogens with zero attached hydrogens (tertiary/aromatic N) is 4. The summed E-state index contributed by atoms with van der Waals surface area (Å²) >= 11 is 0. The molecule has 0 aromatic carbocycles. The van der Waals surface area contributed by atoms with Gasteiger partial charge in [0.2, 0.25) is 0 Å². The van der Waals surface area contributed by atoms with Crippen LogP contribution in [0, 0.1) is 0 Å². The molecule has 1 fully saturated rings. The van der Waals surface area contributed by atoms with Crippen molar-refractivity contribution in [2.45, 2.75) is 26.3 Å². The average molecular weight is 280 g/mol. The zero-order valence-electron chi connectivity index (χ0n) is 12.4. The SMILES string of the molecule is CCCCOC(=O)N1CCN(Cc2cn(C)cn2)CC1. The van der Waals surface area contributed by atoms with Crippen LogP contribution < -0.4 is 0 Å². The standard InChI is InChI=1S/C14H24N4O2/c1-3-4-9-20-14(19)18-7-5-17(6-8-18)11-13-10-16(2)12-15-13/h10,12H,3-9,11H2,1-2H3. The van der Waals surface area contributed by atoms with Crippen molar-refractivity contribution in [1.29, 1.82) is 0 Å². The third-order valence-electron chi connectivity index (χ3n) is 3.50. The number of unbranched alkanes of at least 4 members (excludes halogenated alkanes) is 1. The number of amides is 1. The van der Waals surface area contributed by atoms with Crippen LogP contribution in [0.4, 0.5) is 4.79 Å². The van der Waals surface area contributed by atoms with Crippen LogP contribution in [0.15, 0.2) is 12.5 Å². The second kappa shape index (κ2) is 7.28. The third-order valence-corrected chi connectivity index (χ3v) is 3.50. The Balaban J connectivity index is 1.70. The van der Waals surface area contributed by atoms with E-state index in [2.05, 4.69) is 16.8 Å². The Morgan fingerprint density at radius 2 is 2.10 bits per heavy atom. The molecule has 6 nitrogen and oxygen atoms in total. The van der Waals surface area contributed by atoms with Gasteiger partial charge in [-0.2, -0.15) is 0 Å². The second-order valence-corrected chi connectivity index (χ2v) is 5.26. The number of aromatic nitrogens is 2. The number of rotatable bonds is 5. The Labute approximate surface area is 120 Å². The van der Waals surface area contributed by atoms with Crippen molar-refractivity contribution in [2.75, 3.05) is 32.8 Å². The Morgan fingerprint density at radius 3 is 2.70 bits per heavy atom. The van der Waals surface area contributed by atoms with Crippen LogP contribution in [0.1, 0.15) is 25.5 Å². The normalized spacial score (nSPS) is 16.4. The van der Waals surface area contributed by atoms with Gasteiger partial charge in [0.25, 0.3) is 0 Å². The summed E-state index contributed by atoms with van der Waals surface area (Å²) in [5.41, 5.74) is 1.08. The fourth-order valence-electron chi connectivity index (χ4n) is 2.26. The van der Waals surface area contributed by atoms with Crippen LogP contribution in [-0.4, -0.2) is 58.2 Å². The summed E-state index contributed by atoms with van der Waals surface area (Å²) in [6.45, 7) is 6.68. The quantitative estimate of drug-likeness (QED) is 0.767. The molecule has 0 spiro atoms. The molecule has 1 aromatic heterocycles. The second-order valence-electron chi connectivity index (χ2n) is 5.26. The van der Waals surface area contributed by atoms with Gasteiger partial charge >= 0.3 is 6.09 Å². The Bertz CT molecular complexity index is 425. The largest absolute Gasteiger partial charge is 0.449 e. The van der Waals surface area contributed by atoms with E-state index in [4.69, 9.17) is 4.74 Å². The lowest BCUT2D eigenvalue weighted by atomic mass is 10.3. The molecule has 0 unspecified atom stereocenters. The fraction of sp³-hybridized carbons (Fsp3) is 0.714. The van der Waals surface area contributed by atoms with E-state index in [-0.39, 0.29) is 6.09 Å². The van der Waals surface area contributed by atoms with E-state index in [0.29, 0.717) is 6.61 Å². The number of aryl methyl sites for hydroxylation is 1. The van der Waals surface area contributed by atoms with Gasteiger partial charge in [0.15, 0.2) is 0 Å². The molecule has 1 amide bonds. The van der Waals surface area contributed by atoms with Gasteiger partial charge in [-0.05, 0) is 6.42 Å². The molecular weight excluding hydrogens is 256 g/mol. The lowest BCUT2D eigenvalue weighted by Crippen LogP contribution is -2.48. The third kappa shape index (κ3) is 4.23. The highest BCUT2D eigenvalue weighted by Crippen LogP contribution is 2.08. The van der Waals surface area contributed by atoms with Crippen molar-refractivity contribution in [1.82, 2.24) is 19.4 Å². The van der Waals surface area contributed by atoms with E-state index in [0.717, 1.165) is 51.3 Å². The van der Waals surface area contributed by atoms with Crippen molar-refractivity contribution in [2.24, 2.45) is 7.05 Å². The summed E-state index contributed by atoms with van der Waals surface area (Å²) in [5, 5.41) is 0. The number of carbonyl (C=O) groups excluding carboxylic acids is 1. The predicted octanol–water partition coefficient (Wildman–Crippen LogP) is 1.47. The maximum absolute atomic E-state index is 11.8. The first-order chi connectivity index (χ1) is 9.69. The molecule has 2 rings (SSSR count). The van der Waals surface area contributed by atoms with Crippen molar-refractivity contribution < 1.29 is 9.53 Å². The van der Waals surface area contributed by atoms with Crippen LogP contribution in [0.2, 0.25) is 0 Å². The van der Waals surface area contributed by atoms with E-state index >= 15 is 0 Å². The van der Waals surface area contributed by atoms with Gasteiger partial charge in [0.05, 0.1) is 18.6 Å². The number of hydrogen-bond acceptors (Lipinski definition) is 4. The molecule has 0 N–H and O–H groups in total. The highest BCUT2D eigenvalue weighted by Gasteiger charge is 2.22. The molecule has 0 atom stereocenters. The minimum atomic E-state index is -0.170. The molecule has 2 heterocycles. The summed E-state index contributed by atoms with van der Waals surface area (Å²) in [5.74, 6) is 0. The Hall–Kier alpha value is -1.56. The number of ether oxygens (including phenoxy) is 1. The highest BCUT2D eigenvalue weighted by molar-refractivity contribution is 5.67. The van der Waals surface area contributed by atoms with Gasteiger partial charge in [-0.1, -0.05) is 13.3 Å². The van der Waals surface area contributed by atoms with Crippen molar-refractivity contribution in [3.63, 3.8) is 0 Å². The molecule has 0 bridgehead atoms. The number of hydrogen-bond donors (Lipinski definition) is 0. The summed E-state index contributed by atoms with van der Waals surface area (Å²) < 4.78 is 7.19. The van der Waals surface area contributed by atoms with Gasteiger partial charge in [-0.3, -0.25) is 4.90 Å². The molecule has 112 valence electrons. The van der Waals surface area contributed by atoms with E-state index < -0.39 is 0 Å². The Morgan fingerprint density at radius 1 is 1.35 bits per heavy atom. The molecule has 1 aliphatic heterocycles. The topological polar surface area (TPSA) is 50.6 Å². The summed E-state index contributed by atoms with van der Waals surface area (Å²) in [4.78, 5) is 20.3. The smallest absolute Gasteiger partial charge is 0.409 e. The first-order valence-electron chi connectivity index (χ1n) is 7.30. The molecule has 0 radical (unpaired) electrons. The molecule has 0 aliphatic carbocycles. The minimum absolute atomic E-state index is 0.170. The number of imidazole rings is 1. The number of piperazine rings is 1. The minimum Gasteiger partial charge on any atom is -0.449 e. The van der Waals surface area contributed by atoms with Crippen molar-refractivity contribution in [3.05, 3.63) is 18.2 Å². The van der Waals surface area contributed by atoms with Crippen LogP contribution in [0.5, 0.6) is 0 Å². The summed E-state index contributed by atoms with van der Waals surface area (Å²) in [7, 11) is 1.97. The van der Waals surface area contributed by atoms with Crippen molar-refractivity contribution >= 4 is 6.09 Å². The summed E-state index contributed by atoms with van der Waals surface area (Å²) in [6.07, 6.45) is 5.66. The van der Waals surface area contributed by atoms with Crippen LogP contribution in [0.3, 0.4) is 0 Å².